The maximum atomic E-state index is 12.7. The predicted molar refractivity (Wildman–Crippen MR) is 102 cm³/mol. The highest BCUT2D eigenvalue weighted by Crippen LogP contribution is 2.21. The molecule has 0 aromatic heterocycles. The summed E-state index contributed by atoms with van der Waals surface area (Å²) in [6, 6.07) is 6.62. The number of hydrogen-bond donors (Lipinski definition) is 1. The van der Waals surface area contributed by atoms with E-state index in [1.807, 2.05) is 0 Å². The third kappa shape index (κ3) is 6.27. The number of benzene rings is 1. The number of ether oxygens (including phenoxy) is 2. The van der Waals surface area contributed by atoms with Gasteiger partial charge in [-0.25, -0.2) is 4.79 Å². The van der Waals surface area contributed by atoms with Gasteiger partial charge in [0.25, 0.3) is 5.91 Å². The molecule has 1 fully saturated rings. The third-order valence-corrected chi connectivity index (χ3v) is 4.11. The quantitative estimate of drug-likeness (QED) is 0.814. The standard InChI is InChI=1S/C20H28N2O5/c1-5-26-18(24)15-7-6-12-22(13-15)17(23)14-8-10-16(11-9-14)21-19(25)27-20(2,3)4/h8-11,15H,5-7,12-13H2,1-4H3,(H,21,25). The number of carbonyl (C=O) groups is 3. The molecule has 7 nitrogen and oxygen atoms in total. The van der Waals surface area contributed by atoms with Gasteiger partial charge < -0.3 is 14.4 Å². The fraction of sp³-hybridized carbons (Fsp3) is 0.550. The molecule has 1 aliphatic rings. The lowest BCUT2D eigenvalue weighted by Crippen LogP contribution is -2.42. The molecule has 2 rings (SSSR count). The molecule has 0 radical (unpaired) electrons. The third-order valence-electron chi connectivity index (χ3n) is 4.11. The van der Waals surface area contributed by atoms with Crippen LogP contribution >= 0.6 is 0 Å². The zero-order valence-electron chi connectivity index (χ0n) is 16.4. The molecule has 2 amide bonds. The topological polar surface area (TPSA) is 84.9 Å². The molecule has 0 bridgehead atoms. The summed E-state index contributed by atoms with van der Waals surface area (Å²) in [4.78, 5) is 38.1. The maximum Gasteiger partial charge on any atom is 0.412 e. The van der Waals surface area contributed by atoms with Crippen LogP contribution in [-0.4, -0.2) is 48.2 Å². The average molecular weight is 376 g/mol. The smallest absolute Gasteiger partial charge is 0.412 e. The Morgan fingerprint density at radius 3 is 2.44 bits per heavy atom. The average Bonchev–Trinajstić information content (AvgIpc) is 2.60. The minimum absolute atomic E-state index is 0.132. The number of nitrogens with zero attached hydrogens (tertiary/aromatic N) is 1. The van der Waals surface area contributed by atoms with Gasteiger partial charge in [-0.1, -0.05) is 0 Å². The molecule has 1 saturated heterocycles. The number of carbonyl (C=O) groups excluding carboxylic acids is 3. The summed E-state index contributed by atoms with van der Waals surface area (Å²) in [5.74, 6) is -0.643. The molecule has 1 heterocycles. The maximum absolute atomic E-state index is 12.7. The molecule has 148 valence electrons. The number of esters is 1. The van der Waals surface area contributed by atoms with E-state index in [0.717, 1.165) is 12.8 Å². The van der Waals surface area contributed by atoms with Gasteiger partial charge in [0, 0.05) is 24.3 Å². The number of hydrogen-bond acceptors (Lipinski definition) is 5. The van der Waals surface area contributed by atoms with Crippen LogP contribution in [0.25, 0.3) is 0 Å². The minimum atomic E-state index is -0.580. The Morgan fingerprint density at radius 2 is 1.85 bits per heavy atom. The van der Waals surface area contributed by atoms with Crippen LogP contribution in [0.4, 0.5) is 10.5 Å². The number of rotatable bonds is 4. The van der Waals surface area contributed by atoms with E-state index in [0.29, 0.717) is 30.9 Å². The highest BCUT2D eigenvalue weighted by molar-refractivity contribution is 5.95. The van der Waals surface area contributed by atoms with Crippen LogP contribution < -0.4 is 5.32 Å². The second-order valence-corrected chi connectivity index (χ2v) is 7.55. The highest BCUT2D eigenvalue weighted by atomic mass is 16.6. The second kappa shape index (κ2) is 8.88. The van der Waals surface area contributed by atoms with Crippen molar-refractivity contribution in [1.82, 2.24) is 4.90 Å². The van der Waals surface area contributed by atoms with Crippen LogP contribution in [0.15, 0.2) is 24.3 Å². The number of anilines is 1. The van der Waals surface area contributed by atoms with Crippen molar-refractivity contribution in [2.75, 3.05) is 25.0 Å². The van der Waals surface area contributed by atoms with E-state index < -0.39 is 11.7 Å². The molecular weight excluding hydrogens is 348 g/mol. The van der Waals surface area contributed by atoms with Gasteiger partial charge >= 0.3 is 12.1 Å². The monoisotopic (exact) mass is 376 g/mol. The van der Waals surface area contributed by atoms with Gasteiger partial charge in [0.2, 0.25) is 0 Å². The lowest BCUT2D eigenvalue weighted by Gasteiger charge is -2.31. The molecule has 7 heteroatoms. The summed E-state index contributed by atoms with van der Waals surface area (Å²) in [7, 11) is 0. The van der Waals surface area contributed by atoms with Crippen molar-refractivity contribution in [1.29, 1.82) is 0 Å². The molecule has 27 heavy (non-hydrogen) atoms. The van der Waals surface area contributed by atoms with Crippen molar-refractivity contribution < 1.29 is 23.9 Å². The van der Waals surface area contributed by atoms with Crippen molar-refractivity contribution >= 4 is 23.7 Å². The van der Waals surface area contributed by atoms with E-state index in [-0.39, 0.29) is 17.8 Å². The molecule has 1 aromatic carbocycles. The fourth-order valence-electron chi connectivity index (χ4n) is 2.91. The van der Waals surface area contributed by atoms with Gasteiger partial charge in [0.05, 0.1) is 12.5 Å². The molecule has 0 saturated carbocycles. The van der Waals surface area contributed by atoms with Crippen LogP contribution in [0.5, 0.6) is 0 Å². The van der Waals surface area contributed by atoms with Gasteiger partial charge in [-0.3, -0.25) is 14.9 Å². The second-order valence-electron chi connectivity index (χ2n) is 7.55. The van der Waals surface area contributed by atoms with E-state index in [2.05, 4.69) is 5.32 Å². The van der Waals surface area contributed by atoms with Crippen molar-refractivity contribution in [2.24, 2.45) is 5.92 Å². The van der Waals surface area contributed by atoms with E-state index in [9.17, 15) is 14.4 Å². The summed E-state index contributed by atoms with van der Waals surface area (Å²) < 4.78 is 10.3. The molecule has 1 aromatic rings. The van der Waals surface area contributed by atoms with Crippen LogP contribution in [0.2, 0.25) is 0 Å². The normalized spacial score (nSPS) is 17.2. The molecule has 0 spiro atoms. The lowest BCUT2D eigenvalue weighted by atomic mass is 9.97. The zero-order chi connectivity index (χ0) is 20.0. The Kier molecular flexibility index (Phi) is 6.82. The van der Waals surface area contributed by atoms with Gasteiger partial charge in [-0.2, -0.15) is 0 Å². The predicted octanol–water partition coefficient (Wildman–Crippen LogP) is 3.45. The largest absolute Gasteiger partial charge is 0.466 e. The fourth-order valence-corrected chi connectivity index (χ4v) is 2.91. The number of piperidine rings is 1. The van der Waals surface area contributed by atoms with Crippen molar-refractivity contribution in [3.63, 3.8) is 0 Å². The Bertz CT molecular complexity index is 679. The first kappa shape index (κ1) is 20.7. The van der Waals surface area contributed by atoms with Gasteiger partial charge in [0.15, 0.2) is 0 Å². The van der Waals surface area contributed by atoms with Crippen LogP contribution in [-0.2, 0) is 14.3 Å². The Morgan fingerprint density at radius 1 is 1.19 bits per heavy atom. The minimum Gasteiger partial charge on any atom is -0.466 e. The number of nitrogens with one attached hydrogen (secondary N) is 1. The molecule has 1 aliphatic heterocycles. The van der Waals surface area contributed by atoms with Crippen molar-refractivity contribution in [2.45, 2.75) is 46.1 Å². The van der Waals surface area contributed by atoms with Crippen LogP contribution in [0.3, 0.4) is 0 Å². The van der Waals surface area contributed by atoms with Crippen LogP contribution in [0.1, 0.15) is 50.9 Å². The SMILES string of the molecule is CCOC(=O)C1CCCN(C(=O)c2ccc(NC(=O)OC(C)(C)C)cc2)C1. The molecule has 0 aliphatic carbocycles. The van der Waals surface area contributed by atoms with E-state index >= 15 is 0 Å². The van der Waals surface area contributed by atoms with E-state index in [1.54, 1.807) is 56.9 Å². The summed E-state index contributed by atoms with van der Waals surface area (Å²) in [6.07, 6.45) is 0.962. The van der Waals surface area contributed by atoms with Crippen molar-refractivity contribution in [3.8, 4) is 0 Å². The molecule has 1 atom stereocenters. The van der Waals surface area contributed by atoms with Crippen molar-refractivity contribution in [3.05, 3.63) is 29.8 Å². The van der Waals surface area contributed by atoms with Gasteiger partial charge in [0.1, 0.15) is 5.60 Å². The molecule has 1 unspecified atom stereocenters. The first-order valence-corrected chi connectivity index (χ1v) is 9.25. The molecular formula is C20H28N2O5. The van der Waals surface area contributed by atoms with Gasteiger partial charge in [-0.05, 0) is 64.8 Å². The Hall–Kier alpha value is -2.57. The zero-order valence-corrected chi connectivity index (χ0v) is 16.4. The number of amides is 2. The summed E-state index contributed by atoms with van der Waals surface area (Å²) in [5.41, 5.74) is 0.474. The Labute approximate surface area is 160 Å². The van der Waals surface area contributed by atoms with E-state index in [4.69, 9.17) is 9.47 Å². The highest BCUT2D eigenvalue weighted by Gasteiger charge is 2.29. The van der Waals surface area contributed by atoms with Gasteiger partial charge in [-0.15, -0.1) is 0 Å². The summed E-state index contributed by atoms with van der Waals surface area (Å²) in [6.45, 7) is 8.47. The first-order chi connectivity index (χ1) is 12.7. The molecule has 1 N–H and O–H groups in total. The summed E-state index contributed by atoms with van der Waals surface area (Å²) in [5, 5.41) is 2.63. The van der Waals surface area contributed by atoms with Crippen LogP contribution in [0, 0.1) is 5.92 Å². The van der Waals surface area contributed by atoms with E-state index in [1.165, 1.54) is 0 Å². The first-order valence-electron chi connectivity index (χ1n) is 9.25. The summed E-state index contributed by atoms with van der Waals surface area (Å²) >= 11 is 0. The Balaban J connectivity index is 1.96. The lowest BCUT2D eigenvalue weighted by molar-refractivity contribution is -0.149. The number of likely N-dealkylation sites (tertiary alicyclic amines) is 1.